The molecule has 2 rings (SSSR count). The first-order chi connectivity index (χ1) is 10.0. The summed E-state index contributed by atoms with van der Waals surface area (Å²) < 4.78 is 7.43. The second-order valence-electron chi connectivity index (χ2n) is 5.18. The lowest BCUT2D eigenvalue weighted by Crippen LogP contribution is -2.31. The van der Waals surface area contributed by atoms with Crippen molar-refractivity contribution < 1.29 is 9.53 Å². The van der Waals surface area contributed by atoms with E-state index >= 15 is 0 Å². The predicted octanol–water partition coefficient (Wildman–Crippen LogP) is 2.86. The summed E-state index contributed by atoms with van der Waals surface area (Å²) in [5, 5.41) is 0. The summed E-state index contributed by atoms with van der Waals surface area (Å²) in [6.45, 7) is 6.36. The molecule has 2 N–H and O–H groups in total. The van der Waals surface area contributed by atoms with Gasteiger partial charge in [-0.15, -0.1) is 11.6 Å². The number of ether oxygens (including phenoxy) is 1. The summed E-state index contributed by atoms with van der Waals surface area (Å²) in [4.78, 5) is 16.4. The van der Waals surface area contributed by atoms with Crippen LogP contribution >= 0.6 is 11.6 Å². The van der Waals surface area contributed by atoms with Crippen LogP contribution in [-0.4, -0.2) is 22.1 Å². The molecule has 0 aliphatic carbocycles. The number of primary amides is 1. The number of benzene rings is 1. The van der Waals surface area contributed by atoms with E-state index in [0.717, 1.165) is 5.52 Å². The van der Waals surface area contributed by atoms with Crippen LogP contribution in [0.3, 0.4) is 0 Å². The molecule has 6 heteroatoms. The average molecular weight is 310 g/mol. The van der Waals surface area contributed by atoms with Crippen molar-refractivity contribution in [2.45, 2.75) is 32.7 Å². The van der Waals surface area contributed by atoms with Gasteiger partial charge in [0.15, 0.2) is 0 Å². The quantitative estimate of drug-likeness (QED) is 0.834. The monoisotopic (exact) mass is 309 g/mol. The highest BCUT2D eigenvalue weighted by Gasteiger charge is 2.27. The smallest absolute Gasteiger partial charge is 0.240 e. The summed E-state index contributed by atoms with van der Waals surface area (Å²) in [7, 11) is 0. The first-order valence-corrected chi connectivity index (χ1v) is 7.52. The van der Waals surface area contributed by atoms with Crippen molar-refractivity contribution in [1.82, 2.24) is 9.55 Å². The summed E-state index contributed by atoms with van der Waals surface area (Å²) >= 11 is 6.01. The Bertz CT molecular complexity index is 652. The number of hydrogen-bond acceptors (Lipinski definition) is 3. The Morgan fingerprint density at radius 2 is 2.19 bits per heavy atom. The first-order valence-electron chi connectivity index (χ1n) is 6.99. The van der Waals surface area contributed by atoms with Gasteiger partial charge in [-0.2, -0.15) is 0 Å². The second kappa shape index (κ2) is 6.35. The highest BCUT2D eigenvalue weighted by Crippen LogP contribution is 2.31. The standard InChI is InChI=1S/C15H20ClN3O2/c1-4-21-11-7-5-6-10-13(11)18-12(8-16)19(10)14(9(2)3)15(17)20/h5-7,9,14H,4,8H2,1-3H3,(H2,17,20). The maximum Gasteiger partial charge on any atom is 0.240 e. The van der Waals surface area contributed by atoms with Crippen molar-refractivity contribution in [3.8, 4) is 5.75 Å². The number of carbonyl (C=O) groups is 1. The molecule has 1 unspecified atom stereocenters. The maximum atomic E-state index is 11.9. The van der Waals surface area contributed by atoms with E-state index in [9.17, 15) is 4.79 Å². The van der Waals surface area contributed by atoms with E-state index < -0.39 is 11.9 Å². The summed E-state index contributed by atoms with van der Waals surface area (Å²) in [6.07, 6.45) is 0. The summed E-state index contributed by atoms with van der Waals surface area (Å²) in [6, 6.07) is 5.15. The van der Waals surface area contributed by atoms with E-state index in [2.05, 4.69) is 4.98 Å². The number of alkyl halides is 1. The number of para-hydroxylation sites is 1. The minimum absolute atomic E-state index is 0.0395. The second-order valence-corrected chi connectivity index (χ2v) is 5.45. The van der Waals surface area contributed by atoms with Gasteiger partial charge in [0.2, 0.25) is 5.91 Å². The lowest BCUT2D eigenvalue weighted by Gasteiger charge is -2.21. The fourth-order valence-electron chi connectivity index (χ4n) is 2.57. The van der Waals surface area contributed by atoms with Crippen molar-refractivity contribution >= 4 is 28.5 Å². The van der Waals surface area contributed by atoms with Crippen LogP contribution < -0.4 is 10.5 Å². The molecule has 21 heavy (non-hydrogen) atoms. The third-order valence-corrected chi connectivity index (χ3v) is 3.62. The van der Waals surface area contributed by atoms with Gasteiger partial charge in [0, 0.05) is 0 Å². The Hall–Kier alpha value is -1.75. The Morgan fingerprint density at radius 1 is 1.48 bits per heavy atom. The number of imidazole rings is 1. The summed E-state index contributed by atoms with van der Waals surface area (Å²) in [5.74, 6) is 1.16. The van der Waals surface area contributed by atoms with Gasteiger partial charge in [0.1, 0.15) is 23.1 Å². The molecule has 0 aliphatic rings. The Labute approximate surface area is 129 Å². The van der Waals surface area contributed by atoms with E-state index in [1.807, 2.05) is 43.5 Å². The van der Waals surface area contributed by atoms with Gasteiger partial charge in [-0.25, -0.2) is 4.98 Å². The molecule has 1 atom stereocenters. The number of amides is 1. The fraction of sp³-hybridized carbons (Fsp3) is 0.467. The molecule has 1 amide bonds. The molecule has 0 radical (unpaired) electrons. The van der Waals surface area contributed by atoms with Gasteiger partial charge in [0.05, 0.1) is 18.0 Å². The number of aromatic nitrogens is 2. The third-order valence-electron chi connectivity index (χ3n) is 3.38. The number of rotatable bonds is 6. The van der Waals surface area contributed by atoms with E-state index in [0.29, 0.717) is 23.7 Å². The van der Waals surface area contributed by atoms with Crippen molar-refractivity contribution in [1.29, 1.82) is 0 Å². The van der Waals surface area contributed by atoms with Crippen LogP contribution in [0, 0.1) is 5.92 Å². The lowest BCUT2D eigenvalue weighted by molar-refractivity contribution is -0.122. The largest absolute Gasteiger partial charge is 0.492 e. The number of nitrogens with zero attached hydrogens (tertiary/aromatic N) is 2. The zero-order valence-electron chi connectivity index (χ0n) is 12.5. The van der Waals surface area contributed by atoms with Crippen LogP contribution in [0.5, 0.6) is 5.75 Å². The molecule has 0 spiro atoms. The predicted molar refractivity (Wildman–Crippen MR) is 83.5 cm³/mol. The van der Waals surface area contributed by atoms with Gasteiger partial charge < -0.3 is 15.0 Å². The molecule has 114 valence electrons. The third kappa shape index (κ3) is 2.83. The first kappa shape index (κ1) is 15.6. The normalized spacial score (nSPS) is 12.8. The Kier molecular flexibility index (Phi) is 4.73. The van der Waals surface area contributed by atoms with Crippen molar-refractivity contribution in [3.05, 3.63) is 24.0 Å². The van der Waals surface area contributed by atoms with Crippen LogP contribution in [0.15, 0.2) is 18.2 Å². The van der Waals surface area contributed by atoms with Crippen molar-refractivity contribution in [2.75, 3.05) is 6.61 Å². The van der Waals surface area contributed by atoms with Gasteiger partial charge >= 0.3 is 0 Å². The Balaban J connectivity index is 2.72. The molecule has 0 bridgehead atoms. The molecule has 0 aliphatic heterocycles. The van der Waals surface area contributed by atoms with Crippen LogP contribution in [0.25, 0.3) is 11.0 Å². The van der Waals surface area contributed by atoms with Gasteiger partial charge in [-0.1, -0.05) is 19.9 Å². The van der Waals surface area contributed by atoms with Crippen molar-refractivity contribution in [2.24, 2.45) is 11.7 Å². The molecule has 5 nitrogen and oxygen atoms in total. The highest BCUT2D eigenvalue weighted by atomic mass is 35.5. The van der Waals surface area contributed by atoms with Crippen molar-refractivity contribution in [3.63, 3.8) is 0 Å². The Morgan fingerprint density at radius 3 is 2.71 bits per heavy atom. The minimum atomic E-state index is -0.486. The zero-order valence-corrected chi connectivity index (χ0v) is 13.2. The summed E-state index contributed by atoms with van der Waals surface area (Å²) in [5.41, 5.74) is 7.10. The zero-order chi connectivity index (χ0) is 15.6. The van der Waals surface area contributed by atoms with E-state index in [1.54, 1.807) is 0 Å². The number of halogens is 1. The SMILES string of the molecule is CCOc1cccc2c1nc(CCl)n2C(C(N)=O)C(C)C. The van der Waals surface area contributed by atoms with Gasteiger partial charge in [-0.05, 0) is 25.0 Å². The molecule has 0 saturated heterocycles. The van der Waals surface area contributed by atoms with Gasteiger partial charge in [-0.3, -0.25) is 4.79 Å². The maximum absolute atomic E-state index is 11.9. The van der Waals surface area contributed by atoms with Crippen LogP contribution in [0.1, 0.15) is 32.6 Å². The lowest BCUT2D eigenvalue weighted by atomic mass is 10.0. The number of fused-ring (bicyclic) bond motifs is 1. The van der Waals surface area contributed by atoms with E-state index in [4.69, 9.17) is 22.1 Å². The minimum Gasteiger partial charge on any atom is -0.492 e. The molecule has 1 aromatic carbocycles. The molecule has 0 fully saturated rings. The molecular formula is C15H20ClN3O2. The van der Waals surface area contributed by atoms with Crippen LogP contribution in [0.4, 0.5) is 0 Å². The molecular weight excluding hydrogens is 290 g/mol. The molecule has 1 aromatic heterocycles. The number of hydrogen-bond donors (Lipinski definition) is 1. The average Bonchev–Trinajstić information content (AvgIpc) is 2.78. The fourth-order valence-corrected chi connectivity index (χ4v) is 2.76. The molecule has 0 saturated carbocycles. The topological polar surface area (TPSA) is 70.1 Å². The van der Waals surface area contributed by atoms with E-state index in [1.165, 1.54) is 0 Å². The van der Waals surface area contributed by atoms with Crippen LogP contribution in [0.2, 0.25) is 0 Å². The van der Waals surface area contributed by atoms with E-state index in [-0.39, 0.29) is 11.8 Å². The van der Waals surface area contributed by atoms with Gasteiger partial charge in [0.25, 0.3) is 0 Å². The highest BCUT2D eigenvalue weighted by molar-refractivity contribution is 6.17. The molecule has 2 aromatic rings. The number of carbonyl (C=O) groups excluding carboxylic acids is 1. The molecule has 1 heterocycles. The number of nitrogens with two attached hydrogens (primary N) is 1. The van der Waals surface area contributed by atoms with Crippen LogP contribution in [-0.2, 0) is 10.7 Å².